The van der Waals surface area contributed by atoms with Gasteiger partial charge in [0.25, 0.3) is 16.8 Å². The highest BCUT2D eigenvalue weighted by atomic mass is 35.5. The second kappa shape index (κ2) is 9.50. The van der Waals surface area contributed by atoms with Gasteiger partial charge in [-0.3, -0.25) is 24.6 Å². The Kier molecular flexibility index (Phi) is 6.71. The first-order valence-electron chi connectivity index (χ1n) is 9.64. The summed E-state index contributed by atoms with van der Waals surface area (Å²) in [4.78, 5) is 39.7. The van der Waals surface area contributed by atoms with Crippen LogP contribution in [0.25, 0.3) is 6.08 Å². The minimum absolute atomic E-state index is 0.00324. The van der Waals surface area contributed by atoms with Gasteiger partial charge >= 0.3 is 0 Å². The monoisotopic (exact) mass is 493 g/mol. The number of ether oxygens (including phenoxy) is 1. The molecule has 2 aromatic rings. The fourth-order valence-corrected chi connectivity index (χ4v) is 4.76. The maximum atomic E-state index is 13.0. The van der Waals surface area contributed by atoms with Gasteiger partial charge in [0.05, 0.1) is 29.6 Å². The molecule has 0 aliphatic carbocycles. The third-order valence-electron chi connectivity index (χ3n) is 5.08. The van der Waals surface area contributed by atoms with Crippen LogP contribution in [0.3, 0.4) is 0 Å². The fourth-order valence-electron chi connectivity index (χ4n) is 3.46. The van der Waals surface area contributed by atoms with Gasteiger partial charge in [0.2, 0.25) is 0 Å². The molecule has 0 atom stereocenters. The number of amides is 2. The average molecular weight is 494 g/mol. The van der Waals surface area contributed by atoms with Crippen LogP contribution in [0.15, 0.2) is 41.3 Å². The van der Waals surface area contributed by atoms with E-state index in [2.05, 4.69) is 0 Å². The molecule has 2 aliphatic heterocycles. The van der Waals surface area contributed by atoms with Crippen molar-refractivity contribution in [2.75, 3.05) is 31.2 Å². The van der Waals surface area contributed by atoms with Crippen molar-refractivity contribution in [2.45, 2.75) is 6.54 Å². The molecule has 2 aromatic carbocycles. The quantitative estimate of drug-likeness (QED) is 0.329. The molecule has 11 heteroatoms. The summed E-state index contributed by atoms with van der Waals surface area (Å²) in [6.07, 6.45) is 1.53. The van der Waals surface area contributed by atoms with E-state index in [4.69, 9.17) is 27.9 Å². The Labute approximate surface area is 197 Å². The van der Waals surface area contributed by atoms with E-state index >= 15 is 0 Å². The van der Waals surface area contributed by atoms with Crippen LogP contribution < -0.4 is 4.90 Å². The number of morpholine rings is 1. The molecule has 2 heterocycles. The van der Waals surface area contributed by atoms with Gasteiger partial charge in [0.1, 0.15) is 0 Å². The molecule has 4 rings (SSSR count). The van der Waals surface area contributed by atoms with E-state index in [1.807, 2.05) is 4.90 Å². The number of anilines is 1. The SMILES string of the molecule is O=C1S/C(=C/c2cc([N+](=O)[O-])ccc2N2CCOCC2)C(=O)N1Cc1ccc(Cl)cc1Cl. The maximum absolute atomic E-state index is 13.0. The largest absolute Gasteiger partial charge is 0.378 e. The minimum Gasteiger partial charge on any atom is -0.378 e. The number of non-ortho nitro benzene ring substituents is 1. The van der Waals surface area contributed by atoms with Crippen molar-refractivity contribution in [1.29, 1.82) is 0 Å². The van der Waals surface area contributed by atoms with Gasteiger partial charge in [-0.2, -0.15) is 0 Å². The minimum atomic E-state index is -0.491. The Morgan fingerprint density at radius 3 is 2.56 bits per heavy atom. The van der Waals surface area contributed by atoms with Crippen molar-refractivity contribution in [3.63, 3.8) is 0 Å². The number of carbonyl (C=O) groups excluding carboxylic acids is 2. The summed E-state index contributed by atoms with van der Waals surface area (Å²) < 4.78 is 5.38. The van der Waals surface area contributed by atoms with Gasteiger partial charge in [0, 0.05) is 46.5 Å². The molecule has 2 fully saturated rings. The first-order valence-corrected chi connectivity index (χ1v) is 11.2. The summed E-state index contributed by atoms with van der Waals surface area (Å²) >= 11 is 12.9. The molecule has 0 spiro atoms. The highest BCUT2D eigenvalue weighted by molar-refractivity contribution is 8.18. The molecule has 2 saturated heterocycles. The summed E-state index contributed by atoms with van der Waals surface area (Å²) in [6.45, 7) is 2.32. The van der Waals surface area contributed by atoms with Crippen LogP contribution in [-0.4, -0.2) is 47.3 Å². The van der Waals surface area contributed by atoms with Gasteiger partial charge in [-0.25, -0.2) is 0 Å². The number of nitro groups is 1. The van der Waals surface area contributed by atoms with Crippen LogP contribution in [0, 0.1) is 10.1 Å². The second-order valence-corrected chi connectivity index (χ2v) is 8.94. The van der Waals surface area contributed by atoms with Crippen molar-refractivity contribution < 1.29 is 19.2 Å². The molecule has 0 N–H and O–H groups in total. The average Bonchev–Trinajstić information content (AvgIpc) is 3.03. The van der Waals surface area contributed by atoms with Crippen molar-refractivity contribution in [1.82, 2.24) is 4.90 Å². The zero-order valence-corrected chi connectivity index (χ0v) is 19.0. The van der Waals surface area contributed by atoms with Gasteiger partial charge in [0.15, 0.2) is 0 Å². The second-order valence-electron chi connectivity index (χ2n) is 7.10. The molecule has 0 saturated carbocycles. The van der Waals surface area contributed by atoms with Gasteiger partial charge in [-0.1, -0.05) is 29.3 Å². The number of benzene rings is 2. The summed E-state index contributed by atoms with van der Waals surface area (Å²) in [5.74, 6) is -0.481. The Morgan fingerprint density at radius 2 is 1.88 bits per heavy atom. The molecule has 166 valence electrons. The third-order valence-corrected chi connectivity index (χ3v) is 6.57. The van der Waals surface area contributed by atoms with Crippen molar-refractivity contribution in [2.24, 2.45) is 0 Å². The summed E-state index contributed by atoms with van der Waals surface area (Å²) in [6, 6.07) is 9.34. The molecule has 32 heavy (non-hydrogen) atoms. The van der Waals surface area contributed by atoms with Crippen molar-refractivity contribution >= 4 is 63.6 Å². The summed E-state index contributed by atoms with van der Waals surface area (Å²) in [5, 5.41) is 11.7. The molecule has 0 unspecified atom stereocenters. The highest BCUT2D eigenvalue weighted by Gasteiger charge is 2.35. The topological polar surface area (TPSA) is 93.0 Å². The Hall–Kier alpha value is -2.59. The standard InChI is InChI=1S/C21H17Cl2N3O5S/c22-15-2-1-13(17(23)11-15)12-25-20(27)19(32-21(25)28)10-14-9-16(26(29)30)3-4-18(14)24-5-7-31-8-6-24/h1-4,9-11H,5-8,12H2/b19-10+. The van der Waals surface area contributed by atoms with Crippen molar-refractivity contribution in [3.05, 3.63) is 72.6 Å². The predicted molar refractivity (Wildman–Crippen MR) is 124 cm³/mol. The van der Waals surface area contributed by atoms with E-state index in [1.54, 1.807) is 24.3 Å². The smallest absolute Gasteiger partial charge is 0.293 e. The summed E-state index contributed by atoms with van der Waals surface area (Å²) in [5.41, 5.74) is 1.73. The van der Waals surface area contributed by atoms with E-state index < -0.39 is 16.1 Å². The molecular formula is C21H17Cl2N3O5S. The number of rotatable bonds is 5. The number of halogens is 2. The Balaban J connectivity index is 1.65. The third kappa shape index (κ3) is 4.75. The fraction of sp³-hybridized carbons (Fsp3) is 0.238. The Bertz CT molecular complexity index is 1130. The van der Waals surface area contributed by atoms with E-state index in [0.717, 1.165) is 22.3 Å². The van der Waals surface area contributed by atoms with E-state index in [1.165, 1.54) is 18.2 Å². The number of nitro benzene ring substituents is 1. The van der Waals surface area contributed by atoms with Crippen LogP contribution >= 0.6 is 35.0 Å². The lowest BCUT2D eigenvalue weighted by atomic mass is 10.1. The van der Waals surface area contributed by atoms with Gasteiger partial charge < -0.3 is 9.64 Å². The molecule has 8 nitrogen and oxygen atoms in total. The van der Waals surface area contributed by atoms with Crippen LogP contribution in [-0.2, 0) is 16.1 Å². The van der Waals surface area contributed by atoms with Crippen LogP contribution in [0.2, 0.25) is 10.0 Å². The molecular weight excluding hydrogens is 477 g/mol. The normalized spacial score (nSPS) is 18.0. The summed E-state index contributed by atoms with van der Waals surface area (Å²) in [7, 11) is 0. The number of hydrogen-bond donors (Lipinski definition) is 0. The van der Waals surface area contributed by atoms with Crippen molar-refractivity contribution in [3.8, 4) is 0 Å². The number of hydrogen-bond acceptors (Lipinski definition) is 7. The highest BCUT2D eigenvalue weighted by Crippen LogP contribution is 2.37. The van der Waals surface area contributed by atoms with Gasteiger partial charge in [-0.05, 0) is 41.6 Å². The number of imide groups is 1. The first-order chi connectivity index (χ1) is 15.3. The molecule has 0 radical (unpaired) electrons. The molecule has 2 aliphatic rings. The van der Waals surface area contributed by atoms with Crippen LogP contribution in [0.4, 0.5) is 16.2 Å². The number of thioether (sulfide) groups is 1. The number of nitrogens with zero attached hydrogens (tertiary/aromatic N) is 3. The van der Waals surface area contributed by atoms with E-state index in [0.29, 0.717) is 47.5 Å². The number of carbonyl (C=O) groups is 2. The molecule has 0 bridgehead atoms. The lowest BCUT2D eigenvalue weighted by Crippen LogP contribution is -2.36. The van der Waals surface area contributed by atoms with E-state index in [-0.39, 0.29) is 17.1 Å². The van der Waals surface area contributed by atoms with Crippen LogP contribution in [0.1, 0.15) is 11.1 Å². The van der Waals surface area contributed by atoms with E-state index in [9.17, 15) is 19.7 Å². The predicted octanol–water partition coefficient (Wildman–Crippen LogP) is 4.97. The lowest BCUT2D eigenvalue weighted by Gasteiger charge is -2.30. The molecule has 0 aromatic heterocycles. The van der Waals surface area contributed by atoms with Crippen LogP contribution in [0.5, 0.6) is 0 Å². The first kappa shape index (κ1) is 22.6. The maximum Gasteiger partial charge on any atom is 0.293 e. The van der Waals surface area contributed by atoms with Gasteiger partial charge in [-0.15, -0.1) is 0 Å². The molecule has 2 amide bonds. The zero-order valence-electron chi connectivity index (χ0n) is 16.6. The zero-order chi connectivity index (χ0) is 22.8. The lowest BCUT2D eigenvalue weighted by molar-refractivity contribution is -0.384. The Morgan fingerprint density at radius 1 is 1.12 bits per heavy atom.